The number of carbonyl (C=O) groups is 1. The van der Waals surface area contributed by atoms with Gasteiger partial charge in [-0.25, -0.2) is 0 Å². The lowest BCUT2D eigenvalue weighted by Gasteiger charge is -2.08. The van der Waals surface area contributed by atoms with Gasteiger partial charge in [-0.3, -0.25) is 4.79 Å². The van der Waals surface area contributed by atoms with Gasteiger partial charge in [0.15, 0.2) is 0 Å². The lowest BCUT2D eigenvalue weighted by atomic mass is 10.1. The Labute approximate surface area is 112 Å². The lowest BCUT2D eigenvalue weighted by molar-refractivity contribution is -0.124. The van der Waals surface area contributed by atoms with E-state index in [9.17, 15) is 4.79 Å². The van der Waals surface area contributed by atoms with Crippen molar-refractivity contribution in [2.24, 2.45) is 5.92 Å². The van der Waals surface area contributed by atoms with Gasteiger partial charge in [-0.1, -0.05) is 30.3 Å². The summed E-state index contributed by atoms with van der Waals surface area (Å²) in [6, 6.07) is 10.4. The normalized spacial score (nSPS) is 18.8. The number of amides is 1. The number of rotatable bonds is 6. The van der Waals surface area contributed by atoms with Gasteiger partial charge in [0.25, 0.3) is 0 Å². The molecule has 3 nitrogen and oxygen atoms in total. The van der Waals surface area contributed by atoms with Crippen LogP contribution in [-0.2, 0) is 15.3 Å². The molecular formula is C14H19NO2S. The summed E-state index contributed by atoms with van der Waals surface area (Å²) in [5.74, 6) is 2.18. The topological polar surface area (TPSA) is 38.3 Å². The summed E-state index contributed by atoms with van der Waals surface area (Å²) in [6.07, 6.45) is 0.864. The minimum atomic E-state index is 0.0733. The third-order valence-corrected chi connectivity index (χ3v) is 3.99. The predicted octanol–water partition coefficient (Wildman–Crippen LogP) is 2.07. The van der Waals surface area contributed by atoms with Crippen LogP contribution >= 0.6 is 11.8 Å². The van der Waals surface area contributed by atoms with Crippen molar-refractivity contribution in [3.05, 3.63) is 35.9 Å². The molecule has 1 heterocycles. The average molecular weight is 265 g/mol. The molecule has 0 saturated carbocycles. The number of ether oxygens (including phenoxy) is 1. The summed E-state index contributed by atoms with van der Waals surface area (Å²) in [5, 5.41) is 2.97. The van der Waals surface area contributed by atoms with Gasteiger partial charge in [-0.2, -0.15) is 11.8 Å². The first-order valence-electron chi connectivity index (χ1n) is 6.33. The molecule has 0 aromatic heterocycles. The first-order valence-corrected chi connectivity index (χ1v) is 7.49. The maximum atomic E-state index is 11.7. The zero-order valence-electron chi connectivity index (χ0n) is 10.4. The van der Waals surface area contributed by atoms with Crippen LogP contribution in [-0.4, -0.2) is 31.4 Å². The zero-order valence-corrected chi connectivity index (χ0v) is 11.2. The van der Waals surface area contributed by atoms with Crippen LogP contribution in [0.5, 0.6) is 0 Å². The Morgan fingerprint density at radius 1 is 1.39 bits per heavy atom. The van der Waals surface area contributed by atoms with E-state index in [-0.39, 0.29) is 11.8 Å². The average Bonchev–Trinajstić information content (AvgIpc) is 2.93. The summed E-state index contributed by atoms with van der Waals surface area (Å²) in [4.78, 5) is 11.7. The van der Waals surface area contributed by atoms with E-state index in [1.807, 2.05) is 17.8 Å². The van der Waals surface area contributed by atoms with Gasteiger partial charge >= 0.3 is 0 Å². The van der Waals surface area contributed by atoms with Gasteiger partial charge in [-0.15, -0.1) is 0 Å². The molecule has 0 radical (unpaired) electrons. The largest absolute Gasteiger partial charge is 0.381 e. The zero-order chi connectivity index (χ0) is 12.6. The van der Waals surface area contributed by atoms with Gasteiger partial charge in [0, 0.05) is 24.7 Å². The molecule has 0 bridgehead atoms. The smallest absolute Gasteiger partial charge is 0.225 e. The molecule has 0 aliphatic carbocycles. The van der Waals surface area contributed by atoms with Gasteiger partial charge < -0.3 is 10.1 Å². The maximum absolute atomic E-state index is 11.7. The van der Waals surface area contributed by atoms with Crippen LogP contribution in [0.4, 0.5) is 0 Å². The minimum absolute atomic E-state index is 0.0733. The Morgan fingerprint density at radius 2 is 2.22 bits per heavy atom. The second-order valence-corrected chi connectivity index (χ2v) is 5.49. The van der Waals surface area contributed by atoms with Crippen molar-refractivity contribution in [1.82, 2.24) is 5.32 Å². The highest BCUT2D eigenvalue weighted by Crippen LogP contribution is 2.13. The van der Waals surface area contributed by atoms with E-state index in [4.69, 9.17) is 4.74 Å². The second kappa shape index (κ2) is 7.44. The monoisotopic (exact) mass is 265 g/mol. The molecule has 1 fully saturated rings. The second-order valence-electron chi connectivity index (χ2n) is 4.39. The molecule has 1 atom stereocenters. The third-order valence-electron chi connectivity index (χ3n) is 2.96. The van der Waals surface area contributed by atoms with Gasteiger partial charge in [-0.05, 0) is 12.0 Å². The van der Waals surface area contributed by atoms with E-state index in [0.717, 1.165) is 31.1 Å². The van der Waals surface area contributed by atoms with Crippen LogP contribution in [0.15, 0.2) is 30.3 Å². The molecule has 0 spiro atoms. The van der Waals surface area contributed by atoms with E-state index >= 15 is 0 Å². The molecule has 1 N–H and O–H groups in total. The SMILES string of the molecule is O=C(NCCSCc1ccccc1)C1CCOC1. The summed E-state index contributed by atoms with van der Waals surface area (Å²) < 4.78 is 5.20. The van der Waals surface area contributed by atoms with Crippen LogP contribution in [0.3, 0.4) is 0 Å². The first kappa shape index (κ1) is 13.4. The van der Waals surface area contributed by atoms with E-state index < -0.39 is 0 Å². The molecule has 2 rings (SSSR count). The van der Waals surface area contributed by atoms with Crippen LogP contribution in [0, 0.1) is 5.92 Å². The van der Waals surface area contributed by atoms with Crippen molar-refractivity contribution < 1.29 is 9.53 Å². The Kier molecular flexibility index (Phi) is 5.55. The van der Waals surface area contributed by atoms with Crippen molar-refractivity contribution in [3.63, 3.8) is 0 Å². The molecule has 18 heavy (non-hydrogen) atoms. The molecule has 1 amide bonds. The molecular weight excluding hydrogens is 246 g/mol. The summed E-state index contributed by atoms with van der Waals surface area (Å²) in [6.45, 7) is 2.05. The Hall–Kier alpha value is -1.00. The van der Waals surface area contributed by atoms with E-state index in [1.54, 1.807) is 0 Å². The summed E-state index contributed by atoms with van der Waals surface area (Å²) in [5.41, 5.74) is 1.33. The Balaban J connectivity index is 1.54. The fraction of sp³-hybridized carbons (Fsp3) is 0.500. The Bertz CT molecular complexity index is 363. The van der Waals surface area contributed by atoms with Gasteiger partial charge in [0.2, 0.25) is 5.91 Å². The number of thioether (sulfide) groups is 1. The fourth-order valence-electron chi connectivity index (χ4n) is 1.90. The van der Waals surface area contributed by atoms with Gasteiger partial charge in [0.05, 0.1) is 12.5 Å². The van der Waals surface area contributed by atoms with Crippen LogP contribution in [0.1, 0.15) is 12.0 Å². The first-order chi connectivity index (χ1) is 8.86. The van der Waals surface area contributed by atoms with Crippen molar-refractivity contribution in [2.45, 2.75) is 12.2 Å². The minimum Gasteiger partial charge on any atom is -0.381 e. The fourth-order valence-corrected chi connectivity index (χ4v) is 2.72. The molecule has 98 valence electrons. The predicted molar refractivity (Wildman–Crippen MR) is 74.5 cm³/mol. The molecule has 1 aromatic carbocycles. The van der Waals surface area contributed by atoms with Crippen molar-refractivity contribution >= 4 is 17.7 Å². The standard InChI is InChI=1S/C14H19NO2S/c16-14(13-6-8-17-10-13)15-7-9-18-11-12-4-2-1-3-5-12/h1-5,13H,6-11H2,(H,15,16). The van der Waals surface area contributed by atoms with Crippen molar-refractivity contribution in [1.29, 1.82) is 0 Å². The molecule has 4 heteroatoms. The lowest BCUT2D eigenvalue weighted by Crippen LogP contribution is -2.32. The van der Waals surface area contributed by atoms with E-state index in [2.05, 4.69) is 29.6 Å². The number of carbonyl (C=O) groups excluding carboxylic acids is 1. The molecule has 1 saturated heterocycles. The van der Waals surface area contributed by atoms with Gasteiger partial charge in [0.1, 0.15) is 0 Å². The van der Waals surface area contributed by atoms with Crippen molar-refractivity contribution in [3.8, 4) is 0 Å². The van der Waals surface area contributed by atoms with Crippen LogP contribution < -0.4 is 5.32 Å². The van der Waals surface area contributed by atoms with E-state index in [0.29, 0.717) is 6.61 Å². The van der Waals surface area contributed by atoms with Crippen molar-refractivity contribution in [2.75, 3.05) is 25.5 Å². The Morgan fingerprint density at radius 3 is 2.94 bits per heavy atom. The third kappa shape index (κ3) is 4.35. The van der Waals surface area contributed by atoms with Crippen LogP contribution in [0.2, 0.25) is 0 Å². The number of nitrogens with one attached hydrogen (secondary N) is 1. The highest BCUT2D eigenvalue weighted by Gasteiger charge is 2.22. The number of benzene rings is 1. The number of hydrogen-bond donors (Lipinski definition) is 1. The molecule has 1 aromatic rings. The molecule has 1 aliphatic rings. The highest BCUT2D eigenvalue weighted by molar-refractivity contribution is 7.98. The van der Waals surface area contributed by atoms with Crippen LogP contribution in [0.25, 0.3) is 0 Å². The highest BCUT2D eigenvalue weighted by atomic mass is 32.2. The summed E-state index contributed by atoms with van der Waals surface area (Å²) >= 11 is 1.84. The van der Waals surface area contributed by atoms with E-state index in [1.165, 1.54) is 5.56 Å². The molecule has 1 aliphatic heterocycles. The summed E-state index contributed by atoms with van der Waals surface area (Å²) in [7, 11) is 0. The molecule has 1 unspecified atom stereocenters. The number of hydrogen-bond acceptors (Lipinski definition) is 3. The quantitative estimate of drug-likeness (QED) is 0.800. The maximum Gasteiger partial charge on any atom is 0.225 e.